The second-order valence-corrected chi connectivity index (χ2v) is 7.87. The van der Waals surface area contributed by atoms with Gasteiger partial charge in [-0.1, -0.05) is 12.1 Å². The zero-order valence-corrected chi connectivity index (χ0v) is 20.3. The third kappa shape index (κ3) is 5.22. The lowest BCUT2D eigenvalue weighted by Crippen LogP contribution is -2.38. The van der Waals surface area contributed by atoms with E-state index in [4.69, 9.17) is 14.5 Å². The summed E-state index contributed by atoms with van der Waals surface area (Å²) in [5.41, 5.74) is 1.12. The molecule has 160 valence electrons. The number of aromatic nitrogens is 3. The number of nitrogens with one attached hydrogen (secondary N) is 1. The van der Waals surface area contributed by atoms with Gasteiger partial charge in [0.25, 0.3) is 0 Å². The fourth-order valence-corrected chi connectivity index (χ4v) is 3.66. The fourth-order valence-electron chi connectivity index (χ4n) is 3.01. The molecule has 0 radical (unpaired) electrons. The summed E-state index contributed by atoms with van der Waals surface area (Å²) in [5.74, 6) is 4.08. The van der Waals surface area contributed by atoms with Gasteiger partial charge >= 0.3 is 0 Å². The first kappa shape index (κ1) is 22.3. The van der Waals surface area contributed by atoms with Crippen LogP contribution in [0.5, 0.6) is 11.5 Å². The van der Waals surface area contributed by atoms with E-state index in [9.17, 15) is 0 Å². The Balaban J connectivity index is 0.00000256. The molecule has 0 amide bonds. The Morgan fingerprint density at radius 3 is 2.83 bits per heavy atom. The number of hydrogen-bond acceptors (Lipinski definition) is 6. The Bertz CT molecular complexity index is 1000. The lowest BCUT2D eigenvalue weighted by atomic mass is 10.2. The largest absolute Gasteiger partial charge is 0.454 e. The van der Waals surface area contributed by atoms with Crippen molar-refractivity contribution in [1.29, 1.82) is 0 Å². The van der Waals surface area contributed by atoms with Crippen LogP contribution in [0.3, 0.4) is 0 Å². The number of benzene rings is 1. The molecule has 1 aliphatic heterocycles. The Morgan fingerprint density at radius 2 is 2.10 bits per heavy atom. The van der Waals surface area contributed by atoms with Gasteiger partial charge in [0.05, 0.1) is 6.54 Å². The average Bonchev–Trinajstić information content (AvgIpc) is 3.45. The van der Waals surface area contributed by atoms with E-state index in [1.54, 1.807) is 11.3 Å². The maximum absolute atomic E-state index is 5.50. The van der Waals surface area contributed by atoms with E-state index in [2.05, 4.69) is 37.9 Å². The molecule has 1 aromatic carbocycles. The molecule has 1 aliphatic rings. The first-order valence-corrected chi connectivity index (χ1v) is 10.2. The molecule has 0 spiro atoms. The molecule has 0 saturated carbocycles. The summed E-state index contributed by atoms with van der Waals surface area (Å²) in [6.45, 7) is 4.07. The Hall–Kier alpha value is -2.34. The van der Waals surface area contributed by atoms with E-state index in [0.717, 1.165) is 41.2 Å². The second kappa shape index (κ2) is 10.1. The highest BCUT2D eigenvalue weighted by Gasteiger charge is 2.15. The number of thiophene rings is 1. The van der Waals surface area contributed by atoms with Crippen LogP contribution in [0.1, 0.15) is 22.1 Å². The quantitative estimate of drug-likeness (QED) is 0.294. The summed E-state index contributed by atoms with van der Waals surface area (Å²) < 4.78 is 12.9. The molecule has 8 nitrogen and oxygen atoms in total. The minimum atomic E-state index is 0. The van der Waals surface area contributed by atoms with Crippen LogP contribution < -0.4 is 14.8 Å². The van der Waals surface area contributed by atoms with E-state index in [0.29, 0.717) is 13.1 Å². The van der Waals surface area contributed by atoms with E-state index >= 15 is 0 Å². The predicted molar refractivity (Wildman–Crippen MR) is 127 cm³/mol. The van der Waals surface area contributed by atoms with Gasteiger partial charge < -0.3 is 24.3 Å². The third-order valence-corrected chi connectivity index (χ3v) is 5.65. The maximum Gasteiger partial charge on any atom is 0.231 e. The van der Waals surface area contributed by atoms with Crippen LogP contribution in [0.4, 0.5) is 0 Å². The summed E-state index contributed by atoms with van der Waals surface area (Å²) in [5, 5.41) is 13.9. The van der Waals surface area contributed by atoms with Crippen molar-refractivity contribution in [3.8, 4) is 11.5 Å². The van der Waals surface area contributed by atoms with Crippen LogP contribution in [-0.2, 0) is 26.7 Å². The standard InChI is InChI=1S/C20H24N6O2S.HI/c1-14-23-24-19(26(14)3)11-22-20(21-10-16-5-4-8-29-16)25(2)12-15-6-7-17-18(9-15)28-13-27-17;/h4-9H,10-13H2,1-3H3,(H,21,22);1H. The number of ether oxygens (including phenoxy) is 2. The molecule has 0 bridgehead atoms. The minimum Gasteiger partial charge on any atom is -0.454 e. The van der Waals surface area contributed by atoms with Crippen LogP contribution in [0.2, 0.25) is 0 Å². The normalized spacial score (nSPS) is 12.6. The monoisotopic (exact) mass is 540 g/mol. The Kier molecular flexibility index (Phi) is 7.53. The maximum atomic E-state index is 5.50. The van der Waals surface area contributed by atoms with Gasteiger partial charge in [-0.15, -0.1) is 45.5 Å². The topological polar surface area (TPSA) is 76.8 Å². The second-order valence-electron chi connectivity index (χ2n) is 6.84. The lowest BCUT2D eigenvalue weighted by Gasteiger charge is -2.22. The Labute approximate surface area is 197 Å². The number of fused-ring (bicyclic) bond motifs is 1. The minimum absolute atomic E-state index is 0. The smallest absolute Gasteiger partial charge is 0.231 e. The van der Waals surface area contributed by atoms with Gasteiger partial charge in [-0.05, 0) is 36.1 Å². The van der Waals surface area contributed by atoms with Gasteiger partial charge in [-0.25, -0.2) is 4.99 Å². The molecule has 1 N–H and O–H groups in total. The van der Waals surface area contributed by atoms with Crippen LogP contribution >= 0.6 is 35.3 Å². The number of guanidine groups is 1. The number of aryl methyl sites for hydroxylation is 1. The zero-order chi connectivity index (χ0) is 20.2. The number of nitrogens with zero attached hydrogens (tertiary/aromatic N) is 5. The third-order valence-electron chi connectivity index (χ3n) is 4.77. The molecule has 2 aromatic heterocycles. The SMILES string of the molecule is Cc1nnc(CN=C(NCc2cccs2)N(C)Cc2ccc3c(c2)OCO3)n1C.I. The van der Waals surface area contributed by atoms with Crippen molar-refractivity contribution in [3.05, 3.63) is 57.8 Å². The van der Waals surface area contributed by atoms with Crippen molar-refractivity contribution in [2.45, 2.75) is 26.6 Å². The first-order valence-electron chi connectivity index (χ1n) is 9.35. The van der Waals surface area contributed by atoms with Crippen LogP contribution in [0, 0.1) is 6.92 Å². The number of aliphatic imine (C=N–C) groups is 1. The van der Waals surface area contributed by atoms with Gasteiger partial charge in [-0.3, -0.25) is 0 Å². The van der Waals surface area contributed by atoms with Gasteiger partial charge in [0.1, 0.15) is 12.4 Å². The number of hydrogen-bond donors (Lipinski definition) is 1. The molecule has 0 atom stereocenters. The van der Waals surface area contributed by atoms with Crippen molar-refractivity contribution in [2.24, 2.45) is 12.0 Å². The van der Waals surface area contributed by atoms with E-state index in [1.807, 2.05) is 43.8 Å². The molecule has 10 heteroatoms. The van der Waals surface area contributed by atoms with Gasteiger partial charge in [0.2, 0.25) is 6.79 Å². The van der Waals surface area contributed by atoms with Crippen molar-refractivity contribution in [1.82, 2.24) is 25.0 Å². The van der Waals surface area contributed by atoms with E-state index < -0.39 is 0 Å². The zero-order valence-electron chi connectivity index (χ0n) is 17.2. The molecular weight excluding hydrogens is 515 g/mol. The van der Waals surface area contributed by atoms with Crippen LogP contribution in [-0.4, -0.2) is 39.5 Å². The number of rotatable bonds is 6. The van der Waals surface area contributed by atoms with Crippen LogP contribution in [0.15, 0.2) is 40.7 Å². The number of halogens is 1. The summed E-state index contributed by atoms with van der Waals surface area (Å²) >= 11 is 1.72. The summed E-state index contributed by atoms with van der Waals surface area (Å²) in [6.07, 6.45) is 0. The highest BCUT2D eigenvalue weighted by molar-refractivity contribution is 14.0. The molecule has 0 aliphatic carbocycles. The van der Waals surface area contributed by atoms with Gasteiger partial charge in [0.15, 0.2) is 23.3 Å². The van der Waals surface area contributed by atoms with Gasteiger partial charge in [-0.2, -0.15) is 0 Å². The molecule has 30 heavy (non-hydrogen) atoms. The van der Waals surface area contributed by atoms with E-state index in [1.165, 1.54) is 4.88 Å². The molecule has 3 heterocycles. The van der Waals surface area contributed by atoms with Crippen molar-refractivity contribution in [3.63, 3.8) is 0 Å². The molecular formula is C20H25IN6O2S. The summed E-state index contributed by atoms with van der Waals surface area (Å²) in [7, 11) is 3.97. The molecule has 0 unspecified atom stereocenters. The molecule has 0 fully saturated rings. The van der Waals surface area contributed by atoms with Crippen molar-refractivity contribution >= 4 is 41.3 Å². The molecule has 4 rings (SSSR count). The predicted octanol–water partition coefficient (Wildman–Crippen LogP) is 3.31. The average molecular weight is 540 g/mol. The molecule has 3 aromatic rings. The Morgan fingerprint density at radius 1 is 1.27 bits per heavy atom. The van der Waals surface area contributed by atoms with Crippen LogP contribution in [0.25, 0.3) is 0 Å². The van der Waals surface area contributed by atoms with E-state index in [-0.39, 0.29) is 30.8 Å². The highest BCUT2D eigenvalue weighted by atomic mass is 127. The van der Waals surface area contributed by atoms with Crippen molar-refractivity contribution < 1.29 is 9.47 Å². The molecule has 0 saturated heterocycles. The fraction of sp³-hybridized carbons (Fsp3) is 0.350. The first-order chi connectivity index (χ1) is 14.1. The summed E-state index contributed by atoms with van der Waals surface area (Å²) in [4.78, 5) is 8.14. The van der Waals surface area contributed by atoms with Gasteiger partial charge in [0, 0.05) is 25.5 Å². The summed E-state index contributed by atoms with van der Waals surface area (Å²) in [6, 6.07) is 10.2. The highest BCUT2D eigenvalue weighted by Crippen LogP contribution is 2.32. The van der Waals surface area contributed by atoms with Crippen molar-refractivity contribution in [2.75, 3.05) is 13.8 Å². The lowest BCUT2D eigenvalue weighted by molar-refractivity contribution is 0.174.